The summed E-state index contributed by atoms with van der Waals surface area (Å²) >= 11 is 0. The molecule has 5 nitrogen and oxygen atoms in total. The number of ether oxygens (including phenoxy) is 2. The molecule has 0 aliphatic heterocycles. The fourth-order valence-corrected chi connectivity index (χ4v) is 3.70. The lowest BCUT2D eigenvalue weighted by Crippen LogP contribution is -2.11. The monoisotopic (exact) mass is 399 g/mol. The van der Waals surface area contributed by atoms with Crippen LogP contribution in [0.2, 0.25) is 0 Å². The van der Waals surface area contributed by atoms with E-state index >= 15 is 0 Å². The number of hydrogen-bond donors (Lipinski definition) is 0. The molecular formula is C23H26FNO4. The van der Waals surface area contributed by atoms with E-state index in [-0.39, 0.29) is 13.2 Å². The van der Waals surface area contributed by atoms with Crippen LogP contribution in [-0.2, 0) is 25.7 Å². The molecule has 0 N–H and O–H groups in total. The Labute approximate surface area is 170 Å². The summed E-state index contributed by atoms with van der Waals surface area (Å²) in [6, 6.07) is 9.75. The summed E-state index contributed by atoms with van der Waals surface area (Å²) in [6.07, 6.45) is 5.10. The van der Waals surface area contributed by atoms with Gasteiger partial charge in [-0.2, -0.15) is 4.39 Å². The summed E-state index contributed by atoms with van der Waals surface area (Å²) in [6.45, 7) is 7.55. The molecule has 3 rings (SSSR count). The Hall–Kier alpha value is -2.89. The number of hydrogen-bond acceptors (Lipinski definition) is 4. The first-order valence-electron chi connectivity index (χ1n) is 9.70. The molecule has 2 aromatic rings. The largest absolute Gasteiger partial charge is 0.461 e. The number of benzene rings is 1. The van der Waals surface area contributed by atoms with Gasteiger partial charge in [-0.15, -0.1) is 0 Å². The highest BCUT2D eigenvalue weighted by atomic mass is 19.1. The van der Waals surface area contributed by atoms with Gasteiger partial charge in [0.1, 0.15) is 6.61 Å². The van der Waals surface area contributed by atoms with Crippen LogP contribution in [0.15, 0.2) is 54.6 Å². The van der Waals surface area contributed by atoms with E-state index in [9.17, 15) is 14.0 Å². The Bertz CT molecular complexity index is 930. The second kappa shape index (κ2) is 8.23. The van der Waals surface area contributed by atoms with E-state index in [1.165, 1.54) is 6.08 Å². The van der Waals surface area contributed by atoms with E-state index in [0.29, 0.717) is 0 Å². The van der Waals surface area contributed by atoms with Crippen LogP contribution in [0.4, 0.5) is 4.39 Å². The molecule has 6 heteroatoms. The van der Waals surface area contributed by atoms with Crippen LogP contribution in [0.3, 0.4) is 0 Å². The summed E-state index contributed by atoms with van der Waals surface area (Å²) in [4.78, 5) is 24.1. The number of allylic oxidation sites excluding steroid dienone is 1. The van der Waals surface area contributed by atoms with Crippen LogP contribution in [0.1, 0.15) is 31.9 Å². The second-order valence-electron chi connectivity index (χ2n) is 7.82. The lowest BCUT2D eigenvalue weighted by molar-refractivity contribution is -0.147. The van der Waals surface area contributed by atoms with Crippen LogP contribution < -0.4 is 0 Å². The number of rotatable bonds is 7. The van der Waals surface area contributed by atoms with Gasteiger partial charge < -0.3 is 14.0 Å². The van der Waals surface area contributed by atoms with E-state index in [1.54, 1.807) is 6.92 Å². The predicted molar refractivity (Wildman–Crippen MR) is 107 cm³/mol. The van der Waals surface area contributed by atoms with Crippen molar-refractivity contribution in [1.82, 2.24) is 4.57 Å². The predicted octanol–water partition coefficient (Wildman–Crippen LogP) is 4.52. The van der Waals surface area contributed by atoms with Gasteiger partial charge in [0, 0.05) is 18.1 Å². The minimum Gasteiger partial charge on any atom is -0.461 e. The van der Waals surface area contributed by atoms with Crippen molar-refractivity contribution in [1.29, 1.82) is 0 Å². The minimum absolute atomic E-state index is 0.0983. The molecule has 0 bridgehead atoms. The molecule has 0 unspecified atom stereocenters. The van der Waals surface area contributed by atoms with Gasteiger partial charge in [-0.25, -0.2) is 4.79 Å². The van der Waals surface area contributed by atoms with Crippen molar-refractivity contribution in [3.63, 3.8) is 0 Å². The molecule has 1 saturated carbocycles. The lowest BCUT2D eigenvalue weighted by Gasteiger charge is -2.13. The molecule has 1 fully saturated rings. The molecule has 0 radical (unpaired) electrons. The SMILES string of the molecule is CCOC(=O)C(F)=C[C@H]1[C@@H](C(=O)OCc2cccc(-n3cccc3)c2C)C1(C)C. The second-order valence-corrected chi connectivity index (χ2v) is 7.82. The van der Waals surface area contributed by atoms with Crippen molar-refractivity contribution in [2.45, 2.75) is 34.3 Å². The van der Waals surface area contributed by atoms with Gasteiger partial charge in [0.15, 0.2) is 0 Å². The maximum atomic E-state index is 14.0. The van der Waals surface area contributed by atoms with Crippen molar-refractivity contribution >= 4 is 11.9 Å². The van der Waals surface area contributed by atoms with E-state index < -0.39 is 35.0 Å². The first kappa shape index (κ1) is 20.8. The summed E-state index contributed by atoms with van der Waals surface area (Å²) < 4.78 is 26.2. The number of carbonyl (C=O) groups is 2. The molecular weight excluding hydrogens is 373 g/mol. The molecule has 1 heterocycles. The van der Waals surface area contributed by atoms with E-state index in [4.69, 9.17) is 4.74 Å². The molecule has 1 aliphatic rings. The fourth-order valence-electron chi connectivity index (χ4n) is 3.70. The van der Waals surface area contributed by atoms with Gasteiger partial charge in [-0.3, -0.25) is 4.79 Å². The average Bonchev–Trinajstić information content (AvgIpc) is 3.03. The highest BCUT2D eigenvalue weighted by molar-refractivity contribution is 5.86. The molecule has 0 amide bonds. The van der Waals surface area contributed by atoms with Gasteiger partial charge in [0.05, 0.1) is 12.5 Å². The third kappa shape index (κ3) is 4.26. The zero-order valence-electron chi connectivity index (χ0n) is 17.1. The zero-order valence-corrected chi connectivity index (χ0v) is 17.1. The Morgan fingerprint density at radius 2 is 1.86 bits per heavy atom. The van der Waals surface area contributed by atoms with Crippen molar-refractivity contribution in [3.8, 4) is 5.69 Å². The van der Waals surface area contributed by atoms with Crippen LogP contribution >= 0.6 is 0 Å². The third-order valence-corrected chi connectivity index (χ3v) is 5.63. The highest BCUT2D eigenvalue weighted by Crippen LogP contribution is 2.60. The Morgan fingerprint density at radius 1 is 1.17 bits per heavy atom. The lowest BCUT2D eigenvalue weighted by atomic mass is 10.1. The Kier molecular flexibility index (Phi) is 5.91. The van der Waals surface area contributed by atoms with E-state index in [0.717, 1.165) is 16.8 Å². The molecule has 154 valence electrons. The molecule has 2 atom stereocenters. The number of halogens is 1. The van der Waals surface area contributed by atoms with E-state index in [1.807, 2.05) is 68.1 Å². The van der Waals surface area contributed by atoms with Crippen molar-refractivity contribution in [2.75, 3.05) is 6.61 Å². The molecule has 0 saturated heterocycles. The van der Waals surface area contributed by atoms with E-state index in [2.05, 4.69) is 4.74 Å². The number of esters is 2. The first-order chi connectivity index (χ1) is 13.8. The van der Waals surface area contributed by atoms with Gasteiger partial charge in [0.2, 0.25) is 5.83 Å². The molecule has 29 heavy (non-hydrogen) atoms. The molecule has 1 aliphatic carbocycles. The smallest absolute Gasteiger partial charge is 0.366 e. The summed E-state index contributed by atoms with van der Waals surface area (Å²) in [5, 5.41) is 0. The van der Waals surface area contributed by atoms with Gasteiger partial charge >= 0.3 is 11.9 Å². The number of carbonyl (C=O) groups excluding carboxylic acids is 2. The molecule has 1 aromatic carbocycles. The maximum absolute atomic E-state index is 14.0. The highest BCUT2D eigenvalue weighted by Gasteiger charge is 2.62. The Balaban J connectivity index is 1.67. The fraction of sp³-hybridized carbons (Fsp3) is 0.391. The van der Waals surface area contributed by atoms with Gasteiger partial charge in [-0.1, -0.05) is 26.0 Å². The van der Waals surface area contributed by atoms with Gasteiger partial charge in [0.25, 0.3) is 0 Å². The van der Waals surface area contributed by atoms with Crippen LogP contribution in [0, 0.1) is 24.2 Å². The number of nitrogens with zero attached hydrogens (tertiary/aromatic N) is 1. The number of aromatic nitrogens is 1. The molecule has 1 aromatic heterocycles. The van der Waals surface area contributed by atoms with Gasteiger partial charge in [-0.05, 0) is 60.6 Å². The quantitative estimate of drug-likeness (QED) is 0.507. The zero-order chi connectivity index (χ0) is 21.2. The topological polar surface area (TPSA) is 57.5 Å². The van der Waals surface area contributed by atoms with Crippen molar-refractivity contribution in [2.24, 2.45) is 17.3 Å². The Morgan fingerprint density at radius 3 is 2.52 bits per heavy atom. The third-order valence-electron chi connectivity index (χ3n) is 5.63. The standard InChI is InChI=1S/C23H26FNO4/c1-5-28-21(26)18(24)13-17-20(23(17,3)4)22(27)29-14-16-9-8-10-19(15(16)2)25-11-6-7-12-25/h6-13,17,20H,5,14H2,1-4H3/t17-,20-/m0/s1. The maximum Gasteiger partial charge on any atom is 0.366 e. The summed E-state index contributed by atoms with van der Waals surface area (Å²) in [7, 11) is 0. The summed E-state index contributed by atoms with van der Waals surface area (Å²) in [5.74, 6) is -3.24. The molecule has 0 spiro atoms. The normalized spacial score (nSPS) is 20.2. The average molecular weight is 399 g/mol. The first-order valence-corrected chi connectivity index (χ1v) is 9.70. The van der Waals surface area contributed by atoms with Crippen molar-refractivity contribution < 1.29 is 23.5 Å². The minimum atomic E-state index is -1.00. The van der Waals surface area contributed by atoms with Crippen LogP contribution in [0.5, 0.6) is 0 Å². The van der Waals surface area contributed by atoms with Crippen LogP contribution in [0.25, 0.3) is 5.69 Å². The van der Waals surface area contributed by atoms with Crippen LogP contribution in [-0.4, -0.2) is 23.1 Å². The van der Waals surface area contributed by atoms with Crippen molar-refractivity contribution in [3.05, 3.63) is 65.8 Å². The summed E-state index contributed by atoms with van der Waals surface area (Å²) in [5.41, 5.74) is 2.49.